The standard InChI is InChI=1S/C16H20BrN3OS/c1-11(2)21-13-5-3-12(4-6-13)20-16(18)19-10-9-14-7-8-15(17)22-14/h3-8,11H,9-10H2,1-2H3,(H3,18,19,20). The van der Waals surface area contributed by atoms with E-state index in [1.54, 1.807) is 11.3 Å². The van der Waals surface area contributed by atoms with Crippen molar-refractivity contribution in [3.63, 3.8) is 0 Å². The Morgan fingerprint density at radius 3 is 2.59 bits per heavy atom. The third-order valence-electron chi connectivity index (χ3n) is 2.77. The predicted octanol–water partition coefficient (Wildman–Crippen LogP) is 4.27. The van der Waals surface area contributed by atoms with Crippen molar-refractivity contribution in [2.24, 2.45) is 10.7 Å². The van der Waals surface area contributed by atoms with Gasteiger partial charge in [-0.3, -0.25) is 4.99 Å². The zero-order valence-corrected chi connectivity index (χ0v) is 15.1. The van der Waals surface area contributed by atoms with E-state index in [0.717, 1.165) is 21.6 Å². The molecule has 2 aromatic rings. The molecule has 0 aliphatic rings. The number of hydrogen-bond donors (Lipinski definition) is 2. The molecule has 0 amide bonds. The molecule has 0 bridgehead atoms. The molecule has 118 valence electrons. The number of nitrogens with zero attached hydrogens (tertiary/aromatic N) is 1. The average Bonchev–Trinajstić information content (AvgIpc) is 2.86. The zero-order valence-electron chi connectivity index (χ0n) is 12.7. The number of halogens is 1. The lowest BCUT2D eigenvalue weighted by Gasteiger charge is -2.10. The van der Waals surface area contributed by atoms with E-state index in [-0.39, 0.29) is 6.10 Å². The van der Waals surface area contributed by atoms with Gasteiger partial charge in [-0.15, -0.1) is 11.3 Å². The maximum Gasteiger partial charge on any atom is 0.193 e. The van der Waals surface area contributed by atoms with Crippen LogP contribution in [0.1, 0.15) is 18.7 Å². The summed E-state index contributed by atoms with van der Waals surface area (Å²) < 4.78 is 6.74. The van der Waals surface area contributed by atoms with E-state index in [2.05, 4.69) is 32.3 Å². The number of anilines is 1. The van der Waals surface area contributed by atoms with Gasteiger partial charge in [0.25, 0.3) is 0 Å². The lowest BCUT2D eigenvalue weighted by Crippen LogP contribution is -2.23. The number of aliphatic imine (C=N–C) groups is 1. The number of rotatable bonds is 6. The minimum absolute atomic E-state index is 0.169. The van der Waals surface area contributed by atoms with E-state index < -0.39 is 0 Å². The van der Waals surface area contributed by atoms with Gasteiger partial charge in [0.1, 0.15) is 5.75 Å². The first kappa shape index (κ1) is 16.8. The fourth-order valence-electron chi connectivity index (χ4n) is 1.85. The van der Waals surface area contributed by atoms with Gasteiger partial charge in [-0.25, -0.2) is 0 Å². The Hall–Kier alpha value is -1.53. The predicted molar refractivity (Wildman–Crippen MR) is 98.0 cm³/mol. The minimum Gasteiger partial charge on any atom is -0.491 e. The van der Waals surface area contributed by atoms with E-state index >= 15 is 0 Å². The van der Waals surface area contributed by atoms with Gasteiger partial charge in [-0.05, 0) is 66.2 Å². The molecular formula is C16H20BrN3OS. The summed E-state index contributed by atoms with van der Waals surface area (Å²) in [5, 5.41) is 3.08. The molecule has 6 heteroatoms. The first-order valence-corrected chi connectivity index (χ1v) is 8.72. The van der Waals surface area contributed by atoms with Crippen LogP contribution >= 0.6 is 27.3 Å². The summed E-state index contributed by atoms with van der Waals surface area (Å²) in [4.78, 5) is 5.63. The highest BCUT2D eigenvalue weighted by atomic mass is 79.9. The molecule has 0 spiro atoms. The molecule has 0 aliphatic carbocycles. The van der Waals surface area contributed by atoms with Crippen LogP contribution in [-0.4, -0.2) is 18.6 Å². The molecule has 3 N–H and O–H groups in total. The van der Waals surface area contributed by atoms with Crippen molar-refractivity contribution in [3.05, 3.63) is 45.1 Å². The Bertz CT molecular complexity index is 623. The van der Waals surface area contributed by atoms with Crippen molar-refractivity contribution in [2.75, 3.05) is 11.9 Å². The smallest absolute Gasteiger partial charge is 0.193 e. The molecule has 0 aliphatic heterocycles. The highest BCUT2D eigenvalue weighted by Crippen LogP contribution is 2.22. The van der Waals surface area contributed by atoms with Crippen LogP contribution in [0, 0.1) is 0 Å². The van der Waals surface area contributed by atoms with Crippen LogP contribution in [0.3, 0.4) is 0 Å². The van der Waals surface area contributed by atoms with Gasteiger partial charge in [0, 0.05) is 23.5 Å². The third kappa shape index (κ3) is 5.69. The van der Waals surface area contributed by atoms with Crippen molar-refractivity contribution in [2.45, 2.75) is 26.4 Å². The Morgan fingerprint density at radius 1 is 1.27 bits per heavy atom. The van der Waals surface area contributed by atoms with Crippen LogP contribution in [0.15, 0.2) is 45.2 Å². The number of guanidine groups is 1. The van der Waals surface area contributed by atoms with E-state index in [1.807, 2.05) is 44.2 Å². The zero-order chi connectivity index (χ0) is 15.9. The van der Waals surface area contributed by atoms with Crippen molar-refractivity contribution in [1.29, 1.82) is 0 Å². The molecule has 0 saturated carbocycles. The van der Waals surface area contributed by atoms with Gasteiger partial charge in [0.05, 0.1) is 9.89 Å². The summed E-state index contributed by atoms with van der Waals surface area (Å²) in [5.74, 6) is 1.27. The van der Waals surface area contributed by atoms with Gasteiger partial charge in [0.2, 0.25) is 0 Å². The van der Waals surface area contributed by atoms with E-state index in [9.17, 15) is 0 Å². The SMILES string of the molecule is CC(C)Oc1ccc(NC(N)=NCCc2ccc(Br)s2)cc1. The molecule has 1 aromatic heterocycles. The largest absolute Gasteiger partial charge is 0.491 e. The highest BCUT2D eigenvalue weighted by Gasteiger charge is 2.00. The van der Waals surface area contributed by atoms with Crippen molar-refractivity contribution in [3.8, 4) is 5.75 Å². The van der Waals surface area contributed by atoms with Gasteiger partial charge in [-0.2, -0.15) is 0 Å². The van der Waals surface area contributed by atoms with Gasteiger partial charge in [0.15, 0.2) is 5.96 Å². The number of nitrogens with two attached hydrogens (primary N) is 1. The monoisotopic (exact) mass is 381 g/mol. The van der Waals surface area contributed by atoms with Crippen LogP contribution in [0.5, 0.6) is 5.75 Å². The van der Waals surface area contributed by atoms with Crippen molar-refractivity contribution in [1.82, 2.24) is 0 Å². The van der Waals surface area contributed by atoms with Gasteiger partial charge in [-0.1, -0.05) is 0 Å². The van der Waals surface area contributed by atoms with Crippen LogP contribution in [0.25, 0.3) is 0 Å². The molecule has 4 nitrogen and oxygen atoms in total. The molecule has 0 saturated heterocycles. The average molecular weight is 382 g/mol. The number of ether oxygens (including phenoxy) is 1. The molecule has 22 heavy (non-hydrogen) atoms. The Morgan fingerprint density at radius 2 is 2.00 bits per heavy atom. The lowest BCUT2D eigenvalue weighted by molar-refractivity contribution is 0.242. The molecular weight excluding hydrogens is 362 g/mol. The lowest BCUT2D eigenvalue weighted by atomic mass is 10.3. The Balaban J connectivity index is 1.82. The summed E-state index contributed by atoms with van der Waals surface area (Å²) in [6, 6.07) is 11.8. The normalized spacial score (nSPS) is 11.7. The quantitative estimate of drug-likeness (QED) is 0.580. The summed E-state index contributed by atoms with van der Waals surface area (Å²) in [6.45, 7) is 4.67. The summed E-state index contributed by atoms with van der Waals surface area (Å²) in [7, 11) is 0. The molecule has 0 fully saturated rings. The summed E-state index contributed by atoms with van der Waals surface area (Å²) >= 11 is 5.18. The topological polar surface area (TPSA) is 59.6 Å². The molecule has 1 heterocycles. The fraction of sp³-hybridized carbons (Fsp3) is 0.312. The number of hydrogen-bond acceptors (Lipinski definition) is 3. The van der Waals surface area contributed by atoms with Crippen molar-refractivity contribution < 1.29 is 4.74 Å². The van der Waals surface area contributed by atoms with Crippen LogP contribution < -0.4 is 15.8 Å². The number of benzene rings is 1. The molecule has 1 aromatic carbocycles. The van der Waals surface area contributed by atoms with Crippen LogP contribution in [0.2, 0.25) is 0 Å². The molecule has 0 unspecified atom stereocenters. The van der Waals surface area contributed by atoms with E-state index in [1.165, 1.54) is 4.88 Å². The van der Waals surface area contributed by atoms with Crippen LogP contribution in [0.4, 0.5) is 5.69 Å². The Kier molecular flexibility index (Phi) is 6.27. The molecule has 2 rings (SSSR count). The summed E-state index contributed by atoms with van der Waals surface area (Å²) in [5.41, 5.74) is 6.79. The first-order chi connectivity index (χ1) is 10.5. The third-order valence-corrected chi connectivity index (χ3v) is 4.45. The van der Waals surface area contributed by atoms with Crippen molar-refractivity contribution >= 4 is 38.9 Å². The maximum atomic E-state index is 5.90. The first-order valence-electron chi connectivity index (χ1n) is 7.11. The highest BCUT2D eigenvalue weighted by molar-refractivity contribution is 9.11. The number of thiophene rings is 1. The molecule has 0 atom stereocenters. The van der Waals surface area contributed by atoms with Gasteiger partial charge >= 0.3 is 0 Å². The maximum absolute atomic E-state index is 5.90. The fourth-order valence-corrected chi connectivity index (χ4v) is 3.32. The second-order valence-corrected chi connectivity index (χ2v) is 7.59. The Labute approximate surface area is 143 Å². The second-order valence-electron chi connectivity index (χ2n) is 5.04. The van der Waals surface area contributed by atoms with Crippen LogP contribution in [-0.2, 0) is 6.42 Å². The minimum atomic E-state index is 0.169. The van der Waals surface area contributed by atoms with E-state index in [0.29, 0.717) is 12.5 Å². The molecule has 0 radical (unpaired) electrons. The van der Waals surface area contributed by atoms with Gasteiger partial charge < -0.3 is 15.8 Å². The summed E-state index contributed by atoms with van der Waals surface area (Å²) in [6.07, 6.45) is 1.06. The number of nitrogens with one attached hydrogen (secondary N) is 1. The van der Waals surface area contributed by atoms with E-state index in [4.69, 9.17) is 10.5 Å². The second kappa shape index (κ2) is 8.19.